The third kappa shape index (κ3) is 6.72. The summed E-state index contributed by atoms with van der Waals surface area (Å²) in [5, 5.41) is 2.36. The number of para-hydroxylation sites is 3. The Bertz CT molecular complexity index is 2560. The fourth-order valence-corrected chi connectivity index (χ4v) is 8.17. The van der Waals surface area contributed by atoms with Crippen LogP contribution in [0.15, 0.2) is 121 Å². The highest BCUT2D eigenvalue weighted by Crippen LogP contribution is 2.51. The minimum atomic E-state index is -0.0470. The molecule has 0 spiro atoms. The lowest BCUT2D eigenvalue weighted by atomic mass is 9.76. The molecule has 0 radical (unpaired) electrons. The summed E-state index contributed by atoms with van der Waals surface area (Å²) >= 11 is 0. The normalized spacial score (nSPS) is 13.6. The molecule has 286 valence electrons. The van der Waals surface area contributed by atoms with Gasteiger partial charge in [-0.15, -0.1) is 0 Å². The van der Waals surface area contributed by atoms with E-state index in [9.17, 15) is 0 Å². The maximum Gasteiger partial charge on any atom is 0.137 e. The molecule has 1 aliphatic heterocycles. The molecule has 0 atom stereocenters. The van der Waals surface area contributed by atoms with Crippen LogP contribution in [0, 0.1) is 0 Å². The number of pyridine rings is 1. The van der Waals surface area contributed by atoms with Gasteiger partial charge in [-0.2, -0.15) is 0 Å². The molecule has 2 aromatic heterocycles. The second kappa shape index (κ2) is 13.6. The highest BCUT2D eigenvalue weighted by molar-refractivity contribution is 6.09. The maximum atomic E-state index is 6.74. The number of nitrogens with zero attached hydrogens (tertiary/aromatic N) is 4. The van der Waals surface area contributed by atoms with Crippen molar-refractivity contribution < 1.29 is 4.74 Å². The summed E-state index contributed by atoms with van der Waals surface area (Å²) in [6.07, 6.45) is 1.93. The second-order valence-corrected chi connectivity index (χ2v) is 18.9. The van der Waals surface area contributed by atoms with Gasteiger partial charge in [-0.3, -0.25) is 4.57 Å². The van der Waals surface area contributed by atoms with Crippen molar-refractivity contribution >= 4 is 44.6 Å². The lowest BCUT2D eigenvalue weighted by Crippen LogP contribution is -2.30. The monoisotopic (exact) mass is 740 g/mol. The van der Waals surface area contributed by atoms with Crippen LogP contribution in [-0.2, 0) is 16.2 Å². The van der Waals surface area contributed by atoms with Crippen LogP contribution in [0.3, 0.4) is 0 Å². The van der Waals surface area contributed by atoms with Gasteiger partial charge in [0.2, 0.25) is 0 Å². The van der Waals surface area contributed by atoms with E-state index in [0.717, 1.165) is 34.0 Å². The van der Waals surface area contributed by atoms with Crippen molar-refractivity contribution in [2.75, 3.05) is 16.5 Å². The van der Waals surface area contributed by atoms with E-state index >= 15 is 0 Å². The first-order chi connectivity index (χ1) is 26.5. The van der Waals surface area contributed by atoms with Crippen LogP contribution in [0.2, 0.25) is 0 Å². The number of hydrogen-bond acceptors (Lipinski definition) is 4. The van der Waals surface area contributed by atoms with Crippen molar-refractivity contribution in [3.05, 3.63) is 144 Å². The SMILES string of the molecule is CC(C)c1cc(C(C)(C)C)c(N2CN(c3cccc(Oc4ccc5c6ccccc6n(-c6cc(C(C)(C)C)ccn6)c5c4)c3)c3ccccc32)c(C(C)(C)C)c1. The Morgan fingerprint density at radius 2 is 1.20 bits per heavy atom. The van der Waals surface area contributed by atoms with E-state index in [-0.39, 0.29) is 16.2 Å². The summed E-state index contributed by atoms with van der Waals surface area (Å²) in [6.45, 7) is 26.1. The Balaban J connectivity index is 1.19. The van der Waals surface area contributed by atoms with Gasteiger partial charge in [0.15, 0.2) is 0 Å². The Kier molecular flexibility index (Phi) is 9.06. The number of rotatable bonds is 6. The van der Waals surface area contributed by atoms with Crippen LogP contribution < -0.4 is 14.5 Å². The molecule has 3 heterocycles. The van der Waals surface area contributed by atoms with E-state index in [1.165, 1.54) is 50.1 Å². The summed E-state index contributed by atoms with van der Waals surface area (Å²) in [5.74, 6) is 2.92. The van der Waals surface area contributed by atoms with Crippen molar-refractivity contribution in [3.8, 4) is 17.3 Å². The van der Waals surface area contributed by atoms with Crippen molar-refractivity contribution in [2.24, 2.45) is 0 Å². The molecular weight excluding hydrogens is 685 g/mol. The van der Waals surface area contributed by atoms with Gasteiger partial charge in [-0.25, -0.2) is 4.98 Å². The third-order valence-corrected chi connectivity index (χ3v) is 11.3. The molecule has 1 aliphatic rings. The number of benzene rings is 5. The molecule has 0 aliphatic carbocycles. The van der Waals surface area contributed by atoms with Crippen LogP contribution >= 0.6 is 0 Å². The summed E-state index contributed by atoms with van der Waals surface area (Å²) < 4.78 is 9.01. The molecule has 56 heavy (non-hydrogen) atoms. The van der Waals surface area contributed by atoms with E-state index in [2.05, 4.69) is 206 Å². The number of fused-ring (bicyclic) bond motifs is 4. The predicted octanol–water partition coefficient (Wildman–Crippen LogP) is 14.2. The molecule has 8 rings (SSSR count). The molecule has 0 saturated heterocycles. The van der Waals surface area contributed by atoms with Gasteiger partial charge >= 0.3 is 0 Å². The number of hydrogen-bond donors (Lipinski definition) is 0. The van der Waals surface area contributed by atoms with Gasteiger partial charge in [-0.05, 0) is 99.0 Å². The average Bonchev–Trinajstić information content (AvgIpc) is 3.69. The van der Waals surface area contributed by atoms with E-state index in [0.29, 0.717) is 12.6 Å². The average molecular weight is 741 g/mol. The maximum absolute atomic E-state index is 6.74. The largest absolute Gasteiger partial charge is 0.457 e. The van der Waals surface area contributed by atoms with E-state index < -0.39 is 0 Å². The van der Waals surface area contributed by atoms with Gasteiger partial charge in [-0.1, -0.05) is 125 Å². The van der Waals surface area contributed by atoms with E-state index in [4.69, 9.17) is 9.72 Å². The third-order valence-electron chi connectivity index (χ3n) is 11.3. The summed E-state index contributed by atoms with van der Waals surface area (Å²) in [4.78, 5) is 9.84. The molecule has 0 unspecified atom stereocenters. The van der Waals surface area contributed by atoms with Crippen molar-refractivity contribution in [1.29, 1.82) is 0 Å². The molecule has 5 nitrogen and oxygen atoms in total. The molecule has 7 aromatic rings. The first-order valence-electron chi connectivity index (χ1n) is 20.1. The zero-order valence-corrected chi connectivity index (χ0v) is 35.0. The summed E-state index contributed by atoms with van der Waals surface area (Å²) in [6, 6.07) is 41.6. The first-order valence-corrected chi connectivity index (χ1v) is 20.1. The number of aromatic nitrogens is 2. The minimum absolute atomic E-state index is 0.00473. The zero-order valence-electron chi connectivity index (χ0n) is 35.0. The van der Waals surface area contributed by atoms with E-state index in [1.54, 1.807) is 0 Å². The molecule has 0 fully saturated rings. The van der Waals surface area contributed by atoms with Gasteiger partial charge in [0.25, 0.3) is 0 Å². The Morgan fingerprint density at radius 1 is 0.571 bits per heavy atom. The second-order valence-electron chi connectivity index (χ2n) is 18.9. The Hall–Kier alpha value is -5.55. The number of ether oxygens (including phenoxy) is 1. The fraction of sp³-hybridized carbons (Fsp3) is 0.314. The van der Waals surface area contributed by atoms with Gasteiger partial charge in [0, 0.05) is 34.8 Å². The van der Waals surface area contributed by atoms with Gasteiger partial charge in [0.1, 0.15) is 24.0 Å². The quantitative estimate of drug-likeness (QED) is 0.170. The molecule has 0 saturated carbocycles. The van der Waals surface area contributed by atoms with Crippen LogP contribution in [0.1, 0.15) is 104 Å². The lowest BCUT2D eigenvalue weighted by Gasteiger charge is -2.36. The number of anilines is 4. The van der Waals surface area contributed by atoms with Gasteiger partial charge in [0.05, 0.1) is 28.1 Å². The molecule has 0 N–H and O–H groups in total. The zero-order chi connectivity index (χ0) is 39.7. The lowest BCUT2D eigenvalue weighted by molar-refractivity contribution is 0.483. The van der Waals surface area contributed by atoms with Crippen molar-refractivity contribution in [1.82, 2.24) is 9.55 Å². The highest BCUT2D eigenvalue weighted by atomic mass is 16.5. The Morgan fingerprint density at radius 3 is 1.86 bits per heavy atom. The highest BCUT2D eigenvalue weighted by Gasteiger charge is 2.36. The van der Waals surface area contributed by atoms with Crippen molar-refractivity contribution in [2.45, 2.75) is 98.3 Å². The van der Waals surface area contributed by atoms with Gasteiger partial charge < -0.3 is 14.5 Å². The summed E-state index contributed by atoms with van der Waals surface area (Å²) in [5.41, 5.74) is 12.3. The minimum Gasteiger partial charge on any atom is -0.457 e. The molecule has 5 heteroatoms. The molecular formula is C51H56N4O. The van der Waals surface area contributed by atoms with Crippen LogP contribution in [-0.4, -0.2) is 16.2 Å². The van der Waals surface area contributed by atoms with Crippen molar-refractivity contribution in [3.63, 3.8) is 0 Å². The molecule has 0 amide bonds. The predicted molar refractivity (Wildman–Crippen MR) is 237 cm³/mol. The van der Waals surface area contributed by atoms with Crippen LogP contribution in [0.4, 0.5) is 22.7 Å². The standard InChI is InChI=1S/C51H56N4O/c1-33(2)34-27-41(50(6,7)8)48(42(28-34)51(9,10)11)54-32-53(44-21-14-15-22-45(44)54)36-17-16-18-37(30-36)56-38-23-24-40-39-19-12-13-20-43(39)55(46(40)31-38)47-29-35(25-26-52-47)49(3,4)5/h12-31,33H,32H2,1-11H3. The van der Waals surface area contributed by atoms with Crippen LogP contribution in [0.25, 0.3) is 27.6 Å². The molecule has 5 aromatic carbocycles. The van der Waals surface area contributed by atoms with Crippen LogP contribution in [0.5, 0.6) is 11.5 Å². The smallest absolute Gasteiger partial charge is 0.137 e. The van der Waals surface area contributed by atoms with E-state index in [1.807, 2.05) is 6.20 Å². The molecule has 0 bridgehead atoms. The Labute approximate surface area is 333 Å². The summed E-state index contributed by atoms with van der Waals surface area (Å²) in [7, 11) is 0. The first kappa shape index (κ1) is 37.4. The fourth-order valence-electron chi connectivity index (χ4n) is 8.17. The topological polar surface area (TPSA) is 33.5 Å².